The smallest absolute Gasteiger partial charge is 0.726 e. The van der Waals surface area contributed by atoms with Crippen LogP contribution in [0.15, 0.2) is 11.6 Å². The zero-order valence-corrected chi connectivity index (χ0v) is 51.5. The molecule has 29 heteroatoms. The molecule has 8 fully saturated rings. The summed E-state index contributed by atoms with van der Waals surface area (Å²) in [5.74, 6) is -0.924. The van der Waals surface area contributed by atoms with E-state index in [1.807, 2.05) is 34.6 Å². The Hall–Kier alpha value is -0.760. The second kappa shape index (κ2) is 24.8. The Morgan fingerprint density at radius 2 is 1.29 bits per heavy atom. The number of methoxy groups -OCH3 is 1. The van der Waals surface area contributed by atoms with Gasteiger partial charge in [-0.3, -0.25) is 8.98 Å². The summed E-state index contributed by atoms with van der Waals surface area (Å²) in [6.45, 7) is 12.7. The van der Waals surface area contributed by atoms with Crippen molar-refractivity contribution in [3.63, 3.8) is 0 Å². The maximum atomic E-state index is 14.5. The summed E-state index contributed by atoms with van der Waals surface area (Å²) < 4.78 is 99.5. The summed E-state index contributed by atoms with van der Waals surface area (Å²) in [7, 11) is -4.28. The summed E-state index contributed by atoms with van der Waals surface area (Å²) in [6.07, 6.45) is -30.9. The van der Waals surface area contributed by atoms with Crippen LogP contribution in [0.5, 0.6) is 0 Å². The third-order valence-corrected chi connectivity index (χ3v) is 21.4. The van der Waals surface area contributed by atoms with Gasteiger partial charge in [0.25, 0.3) is 0 Å². The summed E-state index contributed by atoms with van der Waals surface area (Å²) >= 11 is 0. The Balaban J connectivity index is 0.00000900. The molecule has 0 amide bonds. The predicted octanol–water partition coefficient (Wildman–Crippen LogP) is -5.76. The van der Waals surface area contributed by atoms with Gasteiger partial charge < -0.3 is 113 Å². The number of ether oxygens (including phenoxy) is 10. The van der Waals surface area contributed by atoms with E-state index in [1.165, 1.54) is 14.0 Å². The second-order valence-electron chi connectivity index (χ2n) is 26.1. The number of esters is 1. The molecule has 0 radical (unpaired) electrons. The van der Waals surface area contributed by atoms with Crippen LogP contribution in [0.1, 0.15) is 107 Å². The Kier molecular flexibility index (Phi) is 20.4. The van der Waals surface area contributed by atoms with Crippen molar-refractivity contribution in [2.75, 3.05) is 26.9 Å². The minimum atomic E-state index is -5.45. The van der Waals surface area contributed by atoms with Crippen LogP contribution in [0.25, 0.3) is 0 Å². The molecule has 0 aromatic rings. The quantitative estimate of drug-likeness (QED) is 0.0161. The zero-order chi connectivity index (χ0) is 60.4. The Morgan fingerprint density at radius 3 is 1.88 bits per heavy atom. The molecule has 29 atom stereocenters. The van der Waals surface area contributed by atoms with Crippen molar-refractivity contribution in [1.29, 1.82) is 0 Å². The van der Waals surface area contributed by atoms with Crippen LogP contribution in [0.3, 0.4) is 0 Å². The average Bonchev–Trinajstić information content (AvgIpc) is 1.53. The number of carbonyl (C=O) groups is 1. The van der Waals surface area contributed by atoms with E-state index in [4.69, 9.17) is 47.4 Å². The fourth-order valence-electron chi connectivity index (χ4n) is 16.4. The Bertz CT molecular complexity index is 2430. The predicted molar refractivity (Wildman–Crippen MR) is 273 cm³/mol. The SMILES string of the molecule is CO[C@@H]1[C@@H](O)[C@H](O[C@@H]2[C@@H](O)[C@H](O[C@H]3[C@H](O)[C@@H](O)[C@H](O[C@H]4[C@H](O[C@H]5CC[C@]6(C)C7=C[C@H](O)[C@]89C(=O)O[C@@](C)(C(O)CCC(C)C)[C@@]8(O)CC[C@@]9(C)[C@@H]7CC[C@H]6C5(C)C)OC[C@@H](OS(=O)(=O)[O-])[C@@H]4O)O[C@@H]3C)O[C@H](CO)[C@H]2O)O[C@H](CO)[C@H]1O.[Na+]. The third-order valence-electron chi connectivity index (χ3n) is 20.9. The molecule has 9 aliphatic rings. The normalized spacial score (nSPS) is 51.0. The van der Waals surface area contributed by atoms with Gasteiger partial charge in [-0.15, -0.1) is 0 Å². The van der Waals surface area contributed by atoms with Crippen molar-refractivity contribution >= 4 is 16.4 Å². The van der Waals surface area contributed by atoms with Gasteiger partial charge in [-0.2, -0.15) is 0 Å². The van der Waals surface area contributed by atoms with Gasteiger partial charge in [-0.25, -0.2) is 8.42 Å². The van der Waals surface area contributed by atoms with E-state index < -0.39 is 204 Å². The van der Waals surface area contributed by atoms with E-state index in [0.717, 1.165) is 5.57 Å². The van der Waals surface area contributed by atoms with Crippen LogP contribution in [-0.4, -0.2) is 253 Å². The van der Waals surface area contributed by atoms with E-state index in [9.17, 15) is 79.0 Å². The standard InChI is InChI=1S/C54H88O27S.Na/c1-22(2)10-13-30(57)52(8)53(67)17-16-51(7)24-11-12-29-49(4,5)32(14-15-50(29,6)25(24)18-31(58)54(51,53)48(66)80-52)76-47-43(35(61)28(21-72-47)81-82(68,69)70)79-44-37(63)36(62)40(23(3)73-44)77-46-39(65)42(34(60)27(20-56)75-46)78-45-38(64)41(71-9)33(59)26(19-55)74-45;/h18,22-24,26-47,55-65,67H,10-17,19-21H2,1-9H3,(H,68,69,70);/q;+1/p-1/t23-,24-,26-,27-,28-,29+,30?,31+,32+,33-,34-,35+,36-,37-,38-,39-,40-,41+,42+,43-,44+,45+,46+,47+,50-,51+,52+,53+,54-;/m1./s1. The van der Waals surface area contributed by atoms with Crippen molar-refractivity contribution in [1.82, 2.24) is 0 Å². The molecule has 83 heavy (non-hydrogen) atoms. The molecule has 0 aromatic carbocycles. The van der Waals surface area contributed by atoms with Gasteiger partial charge in [0.05, 0.1) is 44.2 Å². The van der Waals surface area contributed by atoms with Crippen molar-refractivity contribution in [2.45, 2.75) is 253 Å². The molecule has 3 saturated carbocycles. The summed E-state index contributed by atoms with van der Waals surface area (Å²) in [4.78, 5) is 14.5. The van der Waals surface area contributed by atoms with Gasteiger partial charge in [0, 0.05) is 7.11 Å². The van der Waals surface area contributed by atoms with E-state index >= 15 is 0 Å². The minimum Gasteiger partial charge on any atom is -0.726 e. The maximum Gasteiger partial charge on any atom is 1.00 e. The van der Waals surface area contributed by atoms with Crippen LogP contribution in [-0.2, 0) is 66.7 Å². The molecule has 1 unspecified atom stereocenters. The molecule has 0 aromatic heterocycles. The van der Waals surface area contributed by atoms with Crippen LogP contribution in [0.2, 0.25) is 0 Å². The van der Waals surface area contributed by atoms with Gasteiger partial charge in [-0.05, 0) is 99.2 Å². The van der Waals surface area contributed by atoms with Gasteiger partial charge >= 0.3 is 35.5 Å². The van der Waals surface area contributed by atoms with Crippen molar-refractivity contribution in [3.05, 3.63) is 11.6 Å². The molecule has 0 bridgehead atoms. The van der Waals surface area contributed by atoms with E-state index in [0.29, 0.717) is 38.5 Å². The van der Waals surface area contributed by atoms with Gasteiger partial charge in [0.15, 0.2) is 30.8 Å². The van der Waals surface area contributed by atoms with E-state index in [-0.39, 0.29) is 60.2 Å². The first-order valence-corrected chi connectivity index (χ1v) is 29.9. The fourth-order valence-corrected chi connectivity index (χ4v) is 16.8. The fraction of sp³-hybridized carbons (Fsp3) is 0.944. The first kappa shape index (κ1) is 68.2. The van der Waals surface area contributed by atoms with Gasteiger partial charge in [0.2, 0.25) is 10.4 Å². The maximum absolute atomic E-state index is 14.5. The largest absolute Gasteiger partial charge is 1.00 e. The number of fused-ring (bicyclic) bond motifs is 4. The van der Waals surface area contributed by atoms with Crippen LogP contribution >= 0.6 is 0 Å². The second-order valence-corrected chi connectivity index (χ2v) is 27.1. The molecule has 1 spiro atoms. The summed E-state index contributed by atoms with van der Waals surface area (Å²) in [6, 6.07) is 0. The van der Waals surface area contributed by atoms with Gasteiger partial charge in [0.1, 0.15) is 96.5 Å². The van der Waals surface area contributed by atoms with Crippen molar-refractivity contribution in [2.24, 2.45) is 39.4 Å². The Morgan fingerprint density at radius 1 is 0.711 bits per heavy atom. The molecule has 4 aliphatic carbocycles. The topological polar surface area (TPSA) is 419 Å². The summed E-state index contributed by atoms with van der Waals surface area (Å²) in [5, 5.41) is 136. The molecule has 5 saturated heterocycles. The van der Waals surface area contributed by atoms with E-state index in [2.05, 4.69) is 11.1 Å². The zero-order valence-electron chi connectivity index (χ0n) is 48.7. The molecule has 9 rings (SSSR count). The van der Waals surface area contributed by atoms with Gasteiger partial charge in [-0.1, -0.05) is 53.2 Å². The van der Waals surface area contributed by atoms with Crippen LogP contribution < -0.4 is 29.6 Å². The number of hydrogen-bond donors (Lipinski definition) is 12. The number of aliphatic hydroxyl groups excluding tert-OH is 11. The van der Waals surface area contributed by atoms with E-state index in [1.54, 1.807) is 13.0 Å². The number of aliphatic hydroxyl groups is 12. The first-order valence-electron chi connectivity index (χ1n) is 28.6. The molecule has 27 nitrogen and oxygen atoms in total. The van der Waals surface area contributed by atoms with Crippen LogP contribution in [0, 0.1) is 39.4 Å². The number of hydrogen-bond acceptors (Lipinski definition) is 27. The third kappa shape index (κ3) is 11.1. The Labute approximate surface area is 505 Å². The van der Waals surface area contributed by atoms with Crippen LogP contribution in [0.4, 0.5) is 0 Å². The number of carbonyl (C=O) groups excluding carboxylic acids is 1. The van der Waals surface area contributed by atoms with Crippen molar-refractivity contribution in [3.8, 4) is 0 Å². The minimum absolute atomic E-state index is 0. The number of allylic oxidation sites excluding steroid dienone is 1. The molecular weight excluding hydrogens is 1140 g/mol. The summed E-state index contributed by atoms with van der Waals surface area (Å²) in [5.41, 5.74) is -6.70. The molecular formula is C54H87NaO27S. The average molecular weight is 1220 g/mol. The molecule has 5 heterocycles. The first-order chi connectivity index (χ1) is 38.2. The van der Waals surface area contributed by atoms with Crippen molar-refractivity contribution < 1.29 is 160 Å². The molecule has 12 N–H and O–H groups in total. The number of rotatable bonds is 17. The molecule has 472 valence electrons. The monoisotopic (exact) mass is 1220 g/mol. The molecule has 5 aliphatic heterocycles. The number of cyclic esters (lactones) is 1.